The lowest BCUT2D eigenvalue weighted by Gasteiger charge is -2.18. The summed E-state index contributed by atoms with van der Waals surface area (Å²) in [4.78, 5) is 17.2. The second-order valence-corrected chi connectivity index (χ2v) is 7.59. The van der Waals surface area contributed by atoms with Crippen molar-refractivity contribution in [2.24, 2.45) is 0 Å². The highest BCUT2D eigenvalue weighted by Gasteiger charge is 2.18. The molecule has 4 aromatic rings. The number of hydrogen-bond acceptors (Lipinski definition) is 2. The third-order valence-electron chi connectivity index (χ3n) is 5.14. The predicted molar refractivity (Wildman–Crippen MR) is 117 cm³/mol. The van der Waals surface area contributed by atoms with E-state index in [1.54, 1.807) is 36.7 Å². The molecule has 0 radical (unpaired) electrons. The van der Waals surface area contributed by atoms with E-state index in [4.69, 9.17) is 11.6 Å². The summed E-state index contributed by atoms with van der Waals surface area (Å²) in [5.74, 6) is -0.569. The molecule has 1 heterocycles. The first kappa shape index (κ1) is 20.1. The van der Waals surface area contributed by atoms with Gasteiger partial charge >= 0.3 is 0 Å². The zero-order valence-electron chi connectivity index (χ0n) is 16.5. The maximum Gasteiger partial charge on any atom is 0.251 e. The molecule has 4 nitrogen and oxygen atoms in total. The van der Waals surface area contributed by atoms with Gasteiger partial charge in [-0.3, -0.25) is 4.79 Å². The van der Waals surface area contributed by atoms with Crippen molar-refractivity contribution in [3.63, 3.8) is 0 Å². The van der Waals surface area contributed by atoms with Crippen LogP contribution in [0.2, 0.25) is 5.02 Å². The van der Waals surface area contributed by atoms with Crippen LogP contribution in [0.25, 0.3) is 11.0 Å². The minimum atomic E-state index is -0.392. The number of carbonyl (C=O) groups is 1. The molecule has 4 rings (SSSR count). The Labute approximate surface area is 179 Å². The van der Waals surface area contributed by atoms with Crippen molar-refractivity contribution in [3.05, 3.63) is 101 Å². The summed E-state index contributed by atoms with van der Waals surface area (Å²) in [6.07, 6.45) is 2.35. The zero-order chi connectivity index (χ0) is 21.1. The van der Waals surface area contributed by atoms with Crippen molar-refractivity contribution in [1.82, 2.24) is 14.9 Å². The number of aromatic nitrogens is 2. The van der Waals surface area contributed by atoms with E-state index in [-0.39, 0.29) is 11.7 Å². The Hall–Kier alpha value is -3.18. The standard InChI is InChI=1S/C24H21ClFN3O/c1-2-21(19-5-3-4-6-20(19)26)28-24(30)17-9-12-23-22(13-17)27-15-29(23)14-16-7-10-18(25)11-8-16/h3-13,15,21H,2,14H2,1H3,(H,28,30)/t21-/m1/s1. The molecule has 0 spiro atoms. The zero-order valence-corrected chi connectivity index (χ0v) is 17.2. The van der Waals surface area contributed by atoms with Crippen LogP contribution in [0.1, 0.15) is 40.9 Å². The Balaban J connectivity index is 1.54. The minimum absolute atomic E-state index is 0.251. The molecule has 0 fully saturated rings. The van der Waals surface area contributed by atoms with Gasteiger partial charge in [-0.25, -0.2) is 9.37 Å². The first-order valence-corrected chi connectivity index (χ1v) is 10.2. The van der Waals surface area contributed by atoms with Gasteiger partial charge in [0.2, 0.25) is 0 Å². The molecule has 1 aromatic heterocycles. The highest BCUT2D eigenvalue weighted by atomic mass is 35.5. The fraction of sp³-hybridized carbons (Fsp3) is 0.167. The molecule has 3 aromatic carbocycles. The molecule has 6 heteroatoms. The van der Waals surface area contributed by atoms with E-state index in [0.717, 1.165) is 16.6 Å². The number of nitrogens with zero attached hydrogens (tertiary/aromatic N) is 2. The summed E-state index contributed by atoms with van der Waals surface area (Å²) < 4.78 is 16.1. The van der Waals surface area contributed by atoms with E-state index in [1.165, 1.54) is 6.07 Å². The number of benzene rings is 3. The minimum Gasteiger partial charge on any atom is -0.345 e. The Morgan fingerprint density at radius 1 is 1.13 bits per heavy atom. The lowest BCUT2D eigenvalue weighted by molar-refractivity contribution is 0.0935. The number of rotatable bonds is 6. The van der Waals surface area contributed by atoms with Crippen LogP contribution in [-0.2, 0) is 6.54 Å². The van der Waals surface area contributed by atoms with Gasteiger partial charge in [-0.1, -0.05) is 48.9 Å². The van der Waals surface area contributed by atoms with Gasteiger partial charge in [0.05, 0.1) is 23.4 Å². The molecule has 30 heavy (non-hydrogen) atoms. The first-order valence-electron chi connectivity index (χ1n) is 9.79. The van der Waals surface area contributed by atoms with Crippen molar-refractivity contribution in [3.8, 4) is 0 Å². The van der Waals surface area contributed by atoms with Crippen LogP contribution in [-0.4, -0.2) is 15.5 Å². The average molecular weight is 422 g/mol. The van der Waals surface area contributed by atoms with E-state index in [1.807, 2.05) is 41.8 Å². The van der Waals surface area contributed by atoms with Crippen molar-refractivity contribution >= 4 is 28.5 Å². The SMILES string of the molecule is CC[C@@H](NC(=O)c1ccc2c(c1)ncn2Cc1ccc(Cl)cc1)c1ccccc1F. The smallest absolute Gasteiger partial charge is 0.251 e. The summed E-state index contributed by atoms with van der Waals surface area (Å²) in [6, 6.07) is 19.2. The molecule has 0 saturated heterocycles. The fourth-order valence-corrected chi connectivity index (χ4v) is 3.64. The number of carbonyl (C=O) groups excluding carboxylic acids is 1. The third kappa shape index (κ3) is 4.21. The molecular formula is C24H21ClFN3O. The van der Waals surface area contributed by atoms with Gasteiger partial charge in [0.25, 0.3) is 5.91 Å². The summed E-state index contributed by atoms with van der Waals surface area (Å²) >= 11 is 5.95. The van der Waals surface area contributed by atoms with Crippen molar-refractivity contribution in [2.45, 2.75) is 25.9 Å². The van der Waals surface area contributed by atoms with E-state index >= 15 is 0 Å². The molecule has 1 atom stereocenters. The van der Waals surface area contributed by atoms with Gasteiger partial charge in [0, 0.05) is 22.7 Å². The van der Waals surface area contributed by atoms with Crippen LogP contribution in [0.5, 0.6) is 0 Å². The van der Waals surface area contributed by atoms with Crippen LogP contribution in [0.4, 0.5) is 4.39 Å². The maximum absolute atomic E-state index is 14.1. The molecule has 1 N–H and O–H groups in total. The molecule has 0 aliphatic rings. The van der Waals surface area contributed by atoms with Gasteiger partial charge in [-0.2, -0.15) is 0 Å². The first-order chi connectivity index (χ1) is 14.5. The van der Waals surface area contributed by atoms with E-state index < -0.39 is 6.04 Å². The van der Waals surface area contributed by atoms with Crippen molar-refractivity contribution in [2.75, 3.05) is 0 Å². The lowest BCUT2D eigenvalue weighted by Crippen LogP contribution is -2.28. The second-order valence-electron chi connectivity index (χ2n) is 7.16. The van der Waals surface area contributed by atoms with Gasteiger partial charge < -0.3 is 9.88 Å². The highest BCUT2D eigenvalue weighted by Crippen LogP contribution is 2.22. The quantitative estimate of drug-likeness (QED) is 0.430. The Bertz CT molecular complexity index is 1190. The maximum atomic E-state index is 14.1. The van der Waals surface area contributed by atoms with Gasteiger partial charge in [-0.05, 0) is 48.4 Å². The van der Waals surface area contributed by atoms with Gasteiger partial charge in [0.15, 0.2) is 0 Å². The Morgan fingerprint density at radius 3 is 2.63 bits per heavy atom. The highest BCUT2D eigenvalue weighted by molar-refractivity contribution is 6.30. The molecule has 0 aliphatic heterocycles. The van der Waals surface area contributed by atoms with E-state index in [2.05, 4.69) is 10.3 Å². The van der Waals surface area contributed by atoms with Crippen LogP contribution in [0, 0.1) is 5.82 Å². The Morgan fingerprint density at radius 2 is 1.90 bits per heavy atom. The average Bonchev–Trinajstić information content (AvgIpc) is 3.16. The largest absolute Gasteiger partial charge is 0.345 e. The lowest BCUT2D eigenvalue weighted by atomic mass is 10.0. The number of nitrogens with one attached hydrogen (secondary N) is 1. The van der Waals surface area contributed by atoms with Crippen LogP contribution >= 0.6 is 11.6 Å². The van der Waals surface area contributed by atoms with Crippen molar-refractivity contribution in [1.29, 1.82) is 0 Å². The van der Waals surface area contributed by atoms with Crippen molar-refractivity contribution < 1.29 is 9.18 Å². The molecule has 0 unspecified atom stereocenters. The molecule has 0 aliphatic carbocycles. The van der Waals surface area contributed by atoms with E-state index in [0.29, 0.717) is 29.1 Å². The summed E-state index contributed by atoms with van der Waals surface area (Å²) in [5, 5.41) is 3.63. The van der Waals surface area contributed by atoms with E-state index in [9.17, 15) is 9.18 Å². The normalized spacial score (nSPS) is 12.1. The number of amides is 1. The number of fused-ring (bicyclic) bond motifs is 1. The van der Waals surface area contributed by atoms with Crippen LogP contribution in [0.15, 0.2) is 73.1 Å². The number of halogens is 2. The molecular weight excluding hydrogens is 401 g/mol. The predicted octanol–water partition coefficient (Wildman–Crippen LogP) is 5.76. The second kappa shape index (κ2) is 8.67. The topological polar surface area (TPSA) is 46.9 Å². The third-order valence-corrected chi connectivity index (χ3v) is 5.40. The van der Waals surface area contributed by atoms with Crippen LogP contribution in [0.3, 0.4) is 0 Å². The molecule has 0 saturated carbocycles. The number of hydrogen-bond donors (Lipinski definition) is 1. The fourth-order valence-electron chi connectivity index (χ4n) is 3.52. The summed E-state index contributed by atoms with van der Waals surface area (Å²) in [6.45, 7) is 2.57. The monoisotopic (exact) mass is 421 g/mol. The summed E-state index contributed by atoms with van der Waals surface area (Å²) in [7, 11) is 0. The molecule has 1 amide bonds. The Kier molecular flexibility index (Phi) is 5.81. The molecule has 0 bridgehead atoms. The number of imidazole rings is 1. The summed E-state index contributed by atoms with van der Waals surface area (Å²) in [5.41, 5.74) is 3.75. The van der Waals surface area contributed by atoms with Crippen LogP contribution < -0.4 is 5.32 Å². The molecule has 152 valence electrons. The van der Waals surface area contributed by atoms with Gasteiger partial charge in [-0.15, -0.1) is 0 Å². The van der Waals surface area contributed by atoms with Gasteiger partial charge in [0.1, 0.15) is 5.82 Å².